The van der Waals surface area contributed by atoms with Crippen LogP contribution in [0.1, 0.15) is 31.3 Å². The van der Waals surface area contributed by atoms with Crippen LogP contribution in [-0.2, 0) is 0 Å². The SMILES string of the molecule is COc1ccc(N2CCN(C(=O)c3cnc(NC(C)(C)C)cn3)CC2)cc1. The molecule has 0 atom stereocenters. The number of hydrogen-bond acceptors (Lipinski definition) is 6. The zero-order chi connectivity index (χ0) is 19.4. The minimum absolute atomic E-state index is 0.0702. The van der Waals surface area contributed by atoms with Gasteiger partial charge in [0.2, 0.25) is 0 Å². The lowest BCUT2D eigenvalue weighted by Gasteiger charge is -2.36. The molecule has 27 heavy (non-hydrogen) atoms. The van der Waals surface area contributed by atoms with Crippen molar-refractivity contribution in [2.24, 2.45) is 0 Å². The molecule has 1 saturated heterocycles. The van der Waals surface area contributed by atoms with Gasteiger partial charge in [0.1, 0.15) is 17.3 Å². The fourth-order valence-electron chi connectivity index (χ4n) is 3.01. The van der Waals surface area contributed by atoms with E-state index in [0.29, 0.717) is 24.6 Å². The van der Waals surface area contributed by atoms with E-state index in [-0.39, 0.29) is 11.4 Å². The second-order valence-corrected chi connectivity index (χ2v) is 7.64. The Morgan fingerprint density at radius 3 is 2.22 bits per heavy atom. The molecule has 1 aromatic heterocycles. The summed E-state index contributed by atoms with van der Waals surface area (Å²) in [7, 11) is 1.66. The maximum absolute atomic E-state index is 12.7. The number of amides is 1. The standard InChI is InChI=1S/C20H27N5O2/c1-20(2,3)23-18-14-21-17(13-22-18)19(26)25-11-9-24(10-12-25)15-5-7-16(27-4)8-6-15/h5-8,13-14H,9-12H2,1-4H3,(H,22,23). The van der Waals surface area contributed by atoms with Gasteiger partial charge in [-0.3, -0.25) is 4.79 Å². The third-order valence-corrected chi connectivity index (χ3v) is 4.38. The number of nitrogens with zero attached hydrogens (tertiary/aromatic N) is 4. The maximum atomic E-state index is 12.7. The van der Waals surface area contributed by atoms with Crippen LogP contribution in [0.4, 0.5) is 11.5 Å². The Morgan fingerprint density at radius 2 is 1.70 bits per heavy atom. The van der Waals surface area contributed by atoms with Crippen LogP contribution in [0, 0.1) is 0 Å². The van der Waals surface area contributed by atoms with Crippen LogP contribution in [-0.4, -0.2) is 59.6 Å². The third kappa shape index (κ3) is 4.87. The van der Waals surface area contributed by atoms with Crippen molar-refractivity contribution in [1.29, 1.82) is 0 Å². The molecule has 1 aliphatic heterocycles. The zero-order valence-corrected chi connectivity index (χ0v) is 16.4. The van der Waals surface area contributed by atoms with E-state index in [9.17, 15) is 4.79 Å². The first kappa shape index (κ1) is 18.9. The molecule has 0 unspecified atom stereocenters. The molecule has 1 aliphatic rings. The first-order valence-electron chi connectivity index (χ1n) is 9.14. The third-order valence-electron chi connectivity index (χ3n) is 4.38. The highest BCUT2D eigenvalue weighted by molar-refractivity contribution is 5.92. The van der Waals surface area contributed by atoms with Gasteiger partial charge in [-0.15, -0.1) is 0 Å². The van der Waals surface area contributed by atoms with Gasteiger partial charge >= 0.3 is 0 Å². The molecule has 0 spiro atoms. The number of carbonyl (C=O) groups excluding carboxylic acids is 1. The molecule has 7 heteroatoms. The highest BCUT2D eigenvalue weighted by Gasteiger charge is 2.23. The van der Waals surface area contributed by atoms with Gasteiger partial charge < -0.3 is 19.9 Å². The molecule has 1 amide bonds. The van der Waals surface area contributed by atoms with E-state index < -0.39 is 0 Å². The number of nitrogens with one attached hydrogen (secondary N) is 1. The number of rotatable bonds is 4. The van der Waals surface area contributed by atoms with Gasteiger partial charge in [-0.25, -0.2) is 9.97 Å². The smallest absolute Gasteiger partial charge is 0.274 e. The van der Waals surface area contributed by atoms with Crippen molar-refractivity contribution in [1.82, 2.24) is 14.9 Å². The average molecular weight is 369 g/mol. The van der Waals surface area contributed by atoms with Crippen molar-refractivity contribution in [2.45, 2.75) is 26.3 Å². The predicted molar refractivity (Wildman–Crippen MR) is 107 cm³/mol. The highest BCUT2D eigenvalue weighted by Crippen LogP contribution is 2.21. The number of ether oxygens (including phenoxy) is 1. The summed E-state index contributed by atoms with van der Waals surface area (Å²) in [6.45, 7) is 9.05. The lowest BCUT2D eigenvalue weighted by Crippen LogP contribution is -2.49. The van der Waals surface area contributed by atoms with Crippen LogP contribution in [0.5, 0.6) is 5.75 Å². The molecule has 2 heterocycles. The maximum Gasteiger partial charge on any atom is 0.274 e. The second kappa shape index (κ2) is 7.82. The van der Waals surface area contributed by atoms with Crippen LogP contribution >= 0.6 is 0 Å². The van der Waals surface area contributed by atoms with Gasteiger partial charge in [0.05, 0.1) is 19.5 Å². The summed E-state index contributed by atoms with van der Waals surface area (Å²) in [4.78, 5) is 25.4. The zero-order valence-electron chi connectivity index (χ0n) is 16.4. The van der Waals surface area contributed by atoms with Crippen LogP contribution in [0.3, 0.4) is 0 Å². The van der Waals surface area contributed by atoms with Gasteiger partial charge in [-0.2, -0.15) is 0 Å². The van der Waals surface area contributed by atoms with E-state index in [1.807, 2.05) is 29.2 Å². The van der Waals surface area contributed by atoms with Crippen molar-refractivity contribution in [3.8, 4) is 5.75 Å². The predicted octanol–water partition coefficient (Wildman–Crippen LogP) is 2.66. The van der Waals surface area contributed by atoms with Crippen molar-refractivity contribution in [3.05, 3.63) is 42.4 Å². The molecular weight excluding hydrogens is 342 g/mol. The Morgan fingerprint density at radius 1 is 1.04 bits per heavy atom. The Balaban J connectivity index is 1.57. The van der Waals surface area contributed by atoms with Crippen LogP contribution < -0.4 is 15.0 Å². The van der Waals surface area contributed by atoms with Crippen molar-refractivity contribution in [3.63, 3.8) is 0 Å². The van der Waals surface area contributed by atoms with E-state index in [2.05, 4.69) is 41.0 Å². The molecule has 1 aromatic carbocycles. The molecular formula is C20H27N5O2. The molecule has 0 radical (unpaired) electrons. The quantitative estimate of drug-likeness (QED) is 0.893. The average Bonchev–Trinajstić information content (AvgIpc) is 2.67. The lowest BCUT2D eigenvalue weighted by atomic mass is 10.1. The topological polar surface area (TPSA) is 70.6 Å². The van der Waals surface area contributed by atoms with Crippen molar-refractivity contribution < 1.29 is 9.53 Å². The molecule has 144 valence electrons. The number of hydrogen-bond donors (Lipinski definition) is 1. The first-order chi connectivity index (χ1) is 12.9. The summed E-state index contributed by atoms with van der Waals surface area (Å²) >= 11 is 0. The minimum Gasteiger partial charge on any atom is -0.497 e. The highest BCUT2D eigenvalue weighted by atomic mass is 16.5. The van der Waals surface area contributed by atoms with Gasteiger partial charge in [0, 0.05) is 37.4 Å². The second-order valence-electron chi connectivity index (χ2n) is 7.64. The van der Waals surface area contributed by atoms with Crippen LogP contribution in [0.25, 0.3) is 0 Å². The number of benzene rings is 1. The Bertz CT molecular complexity index is 760. The van der Waals surface area contributed by atoms with E-state index >= 15 is 0 Å². The molecule has 7 nitrogen and oxygen atoms in total. The first-order valence-corrected chi connectivity index (χ1v) is 9.14. The van der Waals surface area contributed by atoms with Crippen molar-refractivity contribution >= 4 is 17.4 Å². The van der Waals surface area contributed by atoms with Gasteiger partial charge in [-0.05, 0) is 45.0 Å². The van der Waals surface area contributed by atoms with E-state index in [0.717, 1.165) is 24.5 Å². The Kier molecular flexibility index (Phi) is 5.48. The van der Waals surface area contributed by atoms with E-state index in [1.54, 1.807) is 19.5 Å². The van der Waals surface area contributed by atoms with Crippen molar-refractivity contribution in [2.75, 3.05) is 43.5 Å². The van der Waals surface area contributed by atoms with Gasteiger partial charge in [0.25, 0.3) is 5.91 Å². The number of piperazine rings is 1. The molecule has 1 N–H and O–H groups in total. The molecule has 3 rings (SSSR count). The lowest BCUT2D eigenvalue weighted by molar-refractivity contribution is 0.0740. The number of methoxy groups -OCH3 is 1. The summed E-state index contributed by atoms with van der Waals surface area (Å²) in [6.07, 6.45) is 3.17. The van der Waals surface area contributed by atoms with Crippen LogP contribution in [0.2, 0.25) is 0 Å². The summed E-state index contributed by atoms with van der Waals surface area (Å²) < 4.78 is 5.20. The minimum atomic E-state index is -0.0992. The fourth-order valence-corrected chi connectivity index (χ4v) is 3.01. The Labute approximate surface area is 160 Å². The summed E-state index contributed by atoms with van der Waals surface area (Å²) in [5, 5.41) is 3.24. The van der Waals surface area contributed by atoms with E-state index in [1.165, 1.54) is 0 Å². The van der Waals surface area contributed by atoms with Crippen LogP contribution in [0.15, 0.2) is 36.7 Å². The summed E-state index contributed by atoms with van der Waals surface area (Å²) in [5.41, 5.74) is 1.42. The number of aromatic nitrogens is 2. The molecule has 1 fully saturated rings. The summed E-state index contributed by atoms with van der Waals surface area (Å²) in [6, 6.07) is 8.00. The normalized spacial score (nSPS) is 14.8. The Hall–Kier alpha value is -2.83. The van der Waals surface area contributed by atoms with E-state index in [4.69, 9.17) is 4.74 Å². The number of carbonyl (C=O) groups is 1. The fraction of sp³-hybridized carbons (Fsp3) is 0.450. The largest absolute Gasteiger partial charge is 0.497 e. The molecule has 0 aliphatic carbocycles. The monoisotopic (exact) mass is 369 g/mol. The summed E-state index contributed by atoms with van der Waals surface area (Å²) in [5.74, 6) is 1.44. The molecule has 0 saturated carbocycles. The van der Waals surface area contributed by atoms with Gasteiger partial charge in [-0.1, -0.05) is 0 Å². The molecule has 0 bridgehead atoms. The van der Waals surface area contributed by atoms with Gasteiger partial charge in [0.15, 0.2) is 0 Å². The number of anilines is 2. The molecule has 2 aromatic rings.